The van der Waals surface area contributed by atoms with Crippen LogP contribution >= 0.6 is 0 Å². The minimum absolute atomic E-state index is 0.130. The van der Waals surface area contributed by atoms with Crippen molar-refractivity contribution in [2.75, 3.05) is 13.2 Å². The van der Waals surface area contributed by atoms with E-state index in [0.29, 0.717) is 19.3 Å². The molecular formula is C63H100O6. The summed E-state index contributed by atoms with van der Waals surface area (Å²) in [5.41, 5.74) is 0. The van der Waals surface area contributed by atoms with Crippen molar-refractivity contribution in [1.82, 2.24) is 0 Å². The molecule has 0 aliphatic heterocycles. The monoisotopic (exact) mass is 953 g/mol. The number of rotatable bonds is 48. The molecule has 0 heterocycles. The average Bonchev–Trinajstić information content (AvgIpc) is 3.35. The van der Waals surface area contributed by atoms with Gasteiger partial charge in [0.15, 0.2) is 6.10 Å². The second-order valence-corrected chi connectivity index (χ2v) is 17.7. The Morgan fingerprint density at radius 2 is 0.609 bits per heavy atom. The van der Waals surface area contributed by atoms with E-state index < -0.39 is 6.10 Å². The lowest BCUT2D eigenvalue weighted by Gasteiger charge is -2.18. The molecule has 0 saturated heterocycles. The summed E-state index contributed by atoms with van der Waals surface area (Å²) in [5.74, 6) is -1.09. The van der Waals surface area contributed by atoms with Crippen LogP contribution in [-0.2, 0) is 28.6 Å². The summed E-state index contributed by atoms with van der Waals surface area (Å²) in [6, 6.07) is 0. The van der Waals surface area contributed by atoms with Crippen molar-refractivity contribution in [3.8, 4) is 0 Å². The summed E-state index contributed by atoms with van der Waals surface area (Å²) in [4.78, 5) is 38.1. The smallest absolute Gasteiger partial charge is 0.306 e. The van der Waals surface area contributed by atoms with E-state index in [1.165, 1.54) is 89.9 Å². The molecule has 0 aromatic rings. The Bertz CT molecular complexity index is 1510. The minimum atomic E-state index is -0.844. The van der Waals surface area contributed by atoms with Crippen LogP contribution in [0.1, 0.15) is 226 Å². The fraction of sp³-hybridized carbons (Fsp3) is 0.603. The molecule has 0 fully saturated rings. The highest BCUT2D eigenvalue weighted by Gasteiger charge is 2.19. The maximum atomic E-state index is 12.8. The van der Waals surface area contributed by atoms with Gasteiger partial charge < -0.3 is 14.2 Å². The predicted molar refractivity (Wildman–Crippen MR) is 297 cm³/mol. The Kier molecular flexibility index (Phi) is 52.5. The van der Waals surface area contributed by atoms with Crippen molar-refractivity contribution >= 4 is 17.9 Å². The third-order valence-corrected chi connectivity index (χ3v) is 11.1. The van der Waals surface area contributed by atoms with E-state index in [-0.39, 0.29) is 44.0 Å². The Balaban J connectivity index is 4.62. The van der Waals surface area contributed by atoms with E-state index in [0.717, 1.165) is 83.5 Å². The SMILES string of the molecule is CC/C=C\C/C=C\C/C=C\C/C=C\C/C=C\C/C=C\CCC(=O)OC[C@H](COC(=O)CCCCCCCCC/C=C\CCCCCC)OC(=O)CCC/C=C\C/C=C\C/C=C\C/C=C\CCCCC. The molecule has 0 aromatic carbocycles. The van der Waals surface area contributed by atoms with Gasteiger partial charge in [0.2, 0.25) is 0 Å². The zero-order chi connectivity index (χ0) is 50.0. The third-order valence-electron chi connectivity index (χ3n) is 11.1. The first-order chi connectivity index (χ1) is 34.0. The number of ether oxygens (including phenoxy) is 3. The molecule has 0 rings (SSSR count). The molecule has 0 spiro atoms. The summed E-state index contributed by atoms with van der Waals surface area (Å²) >= 11 is 0. The van der Waals surface area contributed by atoms with Gasteiger partial charge in [0, 0.05) is 19.3 Å². The van der Waals surface area contributed by atoms with Crippen LogP contribution in [0, 0.1) is 0 Å². The van der Waals surface area contributed by atoms with Gasteiger partial charge >= 0.3 is 17.9 Å². The highest BCUT2D eigenvalue weighted by atomic mass is 16.6. The van der Waals surface area contributed by atoms with Crippen LogP contribution in [0.25, 0.3) is 0 Å². The van der Waals surface area contributed by atoms with Crippen molar-refractivity contribution in [2.45, 2.75) is 232 Å². The highest BCUT2D eigenvalue weighted by molar-refractivity contribution is 5.71. The number of unbranched alkanes of at least 4 members (excludes halogenated alkanes) is 15. The topological polar surface area (TPSA) is 78.9 Å². The molecule has 6 heteroatoms. The lowest BCUT2D eigenvalue weighted by Crippen LogP contribution is -2.30. The zero-order valence-corrected chi connectivity index (χ0v) is 44.3. The molecule has 0 aromatic heterocycles. The number of carbonyl (C=O) groups excluding carboxylic acids is 3. The van der Waals surface area contributed by atoms with Crippen molar-refractivity contribution in [3.05, 3.63) is 134 Å². The van der Waals surface area contributed by atoms with Crippen molar-refractivity contribution in [2.24, 2.45) is 0 Å². The standard InChI is InChI=1S/C63H100O6/c1-4-7-10-13-16-19-22-25-28-30-31-33-35-38-41-44-47-50-53-56-62(65)68-59-60(58-67-61(64)55-52-49-46-43-40-37-34-27-24-21-18-15-12-9-6-3)69-63(66)57-54-51-48-45-42-39-36-32-29-26-23-20-17-14-11-8-5-2/h7,10,16-17,19-21,24-26,28-29,31,33,36,38-39,41,45,47-48,50,60H,4-6,8-9,11-15,18,22-23,27,30,32,34-35,37,40,42-44,46,49,51-59H2,1-3H3/b10-7-,19-16-,20-17-,24-21-,28-25-,29-26-,33-31-,39-36-,41-38-,48-45-,50-47-/t60-/m0/s1. The van der Waals surface area contributed by atoms with Crippen LogP contribution in [0.4, 0.5) is 0 Å². The molecule has 0 saturated carbocycles. The van der Waals surface area contributed by atoms with Crippen LogP contribution in [0.15, 0.2) is 134 Å². The van der Waals surface area contributed by atoms with Gasteiger partial charge in [-0.1, -0.05) is 219 Å². The first-order valence-corrected chi connectivity index (χ1v) is 27.7. The molecule has 0 radical (unpaired) electrons. The summed E-state index contributed by atoms with van der Waals surface area (Å²) in [6.07, 6.45) is 78.8. The molecule has 0 aliphatic rings. The van der Waals surface area contributed by atoms with Crippen molar-refractivity contribution in [1.29, 1.82) is 0 Å². The summed E-state index contributed by atoms with van der Waals surface area (Å²) in [5, 5.41) is 0. The molecule has 0 amide bonds. The average molecular weight is 953 g/mol. The van der Waals surface area contributed by atoms with Crippen molar-refractivity contribution in [3.63, 3.8) is 0 Å². The van der Waals surface area contributed by atoms with Crippen LogP contribution < -0.4 is 0 Å². The minimum Gasteiger partial charge on any atom is -0.462 e. The maximum absolute atomic E-state index is 12.8. The third kappa shape index (κ3) is 54.4. The summed E-state index contributed by atoms with van der Waals surface area (Å²) < 4.78 is 16.7. The molecular weight excluding hydrogens is 853 g/mol. The molecule has 0 N–H and O–H groups in total. The van der Waals surface area contributed by atoms with Gasteiger partial charge in [0.05, 0.1) is 0 Å². The van der Waals surface area contributed by atoms with E-state index in [2.05, 4.69) is 142 Å². The van der Waals surface area contributed by atoms with Gasteiger partial charge in [-0.15, -0.1) is 0 Å². The van der Waals surface area contributed by atoms with Gasteiger partial charge in [-0.2, -0.15) is 0 Å². The van der Waals surface area contributed by atoms with E-state index in [9.17, 15) is 14.4 Å². The van der Waals surface area contributed by atoms with E-state index in [1.807, 2.05) is 12.2 Å². The number of hydrogen-bond acceptors (Lipinski definition) is 6. The van der Waals surface area contributed by atoms with Crippen LogP contribution in [-0.4, -0.2) is 37.2 Å². The normalized spacial score (nSPS) is 13.1. The molecule has 6 nitrogen and oxygen atoms in total. The quantitative estimate of drug-likeness (QED) is 0.0262. The Labute approximate surface area is 424 Å². The number of carbonyl (C=O) groups is 3. The lowest BCUT2D eigenvalue weighted by atomic mass is 10.1. The zero-order valence-electron chi connectivity index (χ0n) is 44.3. The number of hydrogen-bond donors (Lipinski definition) is 0. The van der Waals surface area contributed by atoms with Gasteiger partial charge in [-0.05, 0) is 122 Å². The second-order valence-electron chi connectivity index (χ2n) is 17.7. The van der Waals surface area contributed by atoms with Crippen molar-refractivity contribution < 1.29 is 28.6 Å². The second kappa shape index (κ2) is 56.1. The Hall–Kier alpha value is -4.45. The lowest BCUT2D eigenvalue weighted by molar-refractivity contribution is -0.166. The van der Waals surface area contributed by atoms with Crippen LogP contribution in [0.3, 0.4) is 0 Å². The first-order valence-electron chi connectivity index (χ1n) is 27.7. The molecule has 0 aliphatic carbocycles. The van der Waals surface area contributed by atoms with E-state index >= 15 is 0 Å². The molecule has 1 atom stereocenters. The van der Waals surface area contributed by atoms with E-state index in [1.54, 1.807) is 0 Å². The highest BCUT2D eigenvalue weighted by Crippen LogP contribution is 2.12. The Morgan fingerprint density at radius 1 is 0.304 bits per heavy atom. The first kappa shape index (κ1) is 64.5. The fourth-order valence-electron chi connectivity index (χ4n) is 6.98. The van der Waals surface area contributed by atoms with E-state index in [4.69, 9.17) is 14.2 Å². The fourth-order valence-corrected chi connectivity index (χ4v) is 6.98. The molecule has 69 heavy (non-hydrogen) atoms. The summed E-state index contributed by atoms with van der Waals surface area (Å²) in [7, 11) is 0. The molecule has 0 bridgehead atoms. The van der Waals surface area contributed by atoms with Crippen LogP contribution in [0.5, 0.6) is 0 Å². The molecule has 0 unspecified atom stereocenters. The largest absolute Gasteiger partial charge is 0.462 e. The van der Waals surface area contributed by atoms with Crippen LogP contribution in [0.2, 0.25) is 0 Å². The van der Waals surface area contributed by atoms with Gasteiger partial charge in [0.1, 0.15) is 13.2 Å². The summed E-state index contributed by atoms with van der Waals surface area (Å²) in [6.45, 7) is 6.36. The predicted octanol–water partition coefficient (Wildman–Crippen LogP) is 18.6. The Morgan fingerprint density at radius 3 is 1.06 bits per heavy atom. The number of allylic oxidation sites excluding steroid dienone is 22. The van der Waals surface area contributed by atoms with Gasteiger partial charge in [-0.25, -0.2) is 0 Å². The maximum Gasteiger partial charge on any atom is 0.306 e. The number of esters is 3. The molecule has 388 valence electrons. The van der Waals surface area contributed by atoms with Gasteiger partial charge in [0.25, 0.3) is 0 Å². The van der Waals surface area contributed by atoms with Gasteiger partial charge in [-0.3, -0.25) is 14.4 Å².